The van der Waals surface area contributed by atoms with Crippen molar-refractivity contribution in [2.24, 2.45) is 0 Å². The number of hydrogen-bond donors (Lipinski definition) is 1. The molecule has 2 aliphatic rings. The summed E-state index contributed by atoms with van der Waals surface area (Å²) in [6.45, 7) is 9.49. The lowest BCUT2D eigenvalue weighted by atomic mass is 9.83. The largest absolute Gasteiger partial charge is 0.416 e. The van der Waals surface area contributed by atoms with Crippen molar-refractivity contribution in [2.75, 3.05) is 44.2 Å². The maximum absolute atomic E-state index is 13.6. The number of likely N-dealkylation sites (N-methyl/N-ethyl adjacent to an activating group) is 1. The van der Waals surface area contributed by atoms with Crippen LogP contribution in [0.25, 0.3) is 0 Å². The fourth-order valence-corrected chi connectivity index (χ4v) is 5.86. The Morgan fingerprint density at radius 1 is 1.14 bits per heavy atom. The minimum Gasteiger partial charge on any atom is -0.335 e. The molecule has 0 aromatic heterocycles. The van der Waals surface area contributed by atoms with Crippen molar-refractivity contribution in [1.29, 1.82) is 0 Å². The second-order valence-electron chi connectivity index (χ2n) is 9.65. The summed E-state index contributed by atoms with van der Waals surface area (Å²) in [6.07, 6.45) is -2.06. The third-order valence-electron chi connectivity index (χ3n) is 7.62. The molecule has 2 aliphatic heterocycles. The highest BCUT2D eigenvalue weighted by Gasteiger charge is 2.48. The SMILES string of the molecule is CCN(CC)C1CCN(CCC[C@]2(c3cccc(C(F)(F)F)c3)CNC(=O)N2c2ccc(Cl)cc2)C1. The first-order chi connectivity index (χ1) is 17.2. The number of benzene rings is 2. The summed E-state index contributed by atoms with van der Waals surface area (Å²) in [5.74, 6) is 0. The van der Waals surface area contributed by atoms with E-state index >= 15 is 0 Å². The number of rotatable bonds is 9. The molecule has 2 saturated heterocycles. The molecule has 196 valence electrons. The van der Waals surface area contributed by atoms with E-state index in [1.54, 1.807) is 35.2 Å². The van der Waals surface area contributed by atoms with Gasteiger partial charge < -0.3 is 10.2 Å². The molecule has 2 fully saturated rings. The number of halogens is 4. The third kappa shape index (κ3) is 5.50. The van der Waals surface area contributed by atoms with Crippen LogP contribution in [0.3, 0.4) is 0 Å². The Hall–Kier alpha value is -2.29. The molecule has 2 atom stereocenters. The van der Waals surface area contributed by atoms with E-state index in [1.807, 2.05) is 0 Å². The first kappa shape index (κ1) is 26.8. The molecular weight excluding hydrogens is 489 g/mol. The van der Waals surface area contributed by atoms with Gasteiger partial charge in [0.1, 0.15) is 0 Å². The average Bonchev–Trinajstić information content (AvgIpc) is 3.45. The Morgan fingerprint density at radius 2 is 1.86 bits per heavy atom. The molecule has 2 aromatic rings. The van der Waals surface area contributed by atoms with Gasteiger partial charge in [-0.3, -0.25) is 9.80 Å². The highest BCUT2D eigenvalue weighted by Crippen LogP contribution is 2.42. The van der Waals surface area contributed by atoms with Gasteiger partial charge in [-0.25, -0.2) is 4.79 Å². The molecule has 1 N–H and O–H groups in total. The Kier molecular flexibility index (Phi) is 8.17. The number of amides is 2. The van der Waals surface area contributed by atoms with Crippen molar-refractivity contribution in [2.45, 2.75) is 50.9 Å². The van der Waals surface area contributed by atoms with Gasteiger partial charge in [-0.2, -0.15) is 13.2 Å². The van der Waals surface area contributed by atoms with Crippen molar-refractivity contribution < 1.29 is 18.0 Å². The van der Waals surface area contributed by atoms with Gasteiger partial charge in [-0.1, -0.05) is 37.6 Å². The maximum Gasteiger partial charge on any atom is 0.416 e. The summed E-state index contributed by atoms with van der Waals surface area (Å²) in [6, 6.07) is 12.5. The summed E-state index contributed by atoms with van der Waals surface area (Å²) in [5.41, 5.74) is -0.566. The zero-order valence-electron chi connectivity index (χ0n) is 20.8. The van der Waals surface area contributed by atoms with Gasteiger partial charge in [0.2, 0.25) is 0 Å². The first-order valence-electron chi connectivity index (χ1n) is 12.7. The topological polar surface area (TPSA) is 38.8 Å². The maximum atomic E-state index is 13.6. The Labute approximate surface area is 216 Å². The van der Waals surface area contributed by atoms with E-state index < -0.39 is 17.3 Å². The van der Waals surface area contributed by atoms with E-state index in [0.29, 0.717) is 28.7 Å². The molecule has 5 nitrogen and oxygen atoms in total. The van der Waals surface area contributed by atoms with E-state index in [-0.39, 0.29) is 12.6 Å². The number of carbonyl (C=O) groups is 1. The molecular formula is C27H34ClF3N4O. The minimum atomic E-state index is -4.46. The zero-order valence-corrected chi connectivity index (χ0v) is 21.6. The number of anilines is 1. The Bertz CT molecular complexity index is 1040. The lowest BCUT2D eigenvalue weighted by molar-refractivity contribution is -0.137. The van der Waals surface area contributed by atoms with Gasteiger partial charge in [-0.05, 0) is 87.4 Å². The second-order valence-corrected chi connectivity index (χ2v) is 10.1. The molecule has 9 heteroatoms. The fourth-order valence-electron chi connectivity index (χ4n) is 5.74. The minimum absolute atomic E-state index is 0.234. The molecule has 4 rings (SSSR count). The van der Waals surface area contributed by atoms with E-state index in [4.69, 9.17) is 11.6 Å². The smallest absolute Gasteiger partial charge is 0.335 e. The van der Waals surface area contributed by atoms with Crippen LogP contribution in [0.4, 0.5) is 23.7 Å². The molecule has 36 heavy (non-hydrogen) atoms. The van der Waals surface area contributed by atoms with E-state index in [0.717, 1.165) is 51.6 Å². The predicted molar refractivity (Wildman–Crippen MR) is 137 cm³/mol. The predicted octanol–water partition coefficient (Wildman–Crippen LogP) is 5.98. The van der Waals surface area contributed by atoms with Gasteiger partial charge in [0.25, 0.3) is 0 Å². The van der Waals surface area contributed by atoms with E-state index in [1.165, 1.54) is 12.1 Å². The van der Waals surface area contributed by atoms with Gasteiger partial charge in [0.15, 0.2) is 0 Å². The summed E-state index contributed by atoms with van der Waals surface area (Å²) < 4.78 is 40.8. The van der Waals surface area contributed by atoms with Crippen molar-refractivity contribution in [3.05, 3.63) is 64.7 Å². The molecule has 2 heterocycles. The quantitative estimate of drug-likeness (QED) is 0.440. The summed E-state index contributed by atoms with van der Waals surface area (Å²) >= 11 is 6.07. The number of likely N-dealkylation sites (tertiary alicyclic amines) is 1. The normalized spacial score (nSPS) is 23.0. The molecule has 0 radical (unpaired) electrons. The van der Waals surface area contributed by atoms with Crippen LogP contribution in [0.15, 0.2) is 48.5 Å². The fraction of sp³-hybridized carbons (Fsp3) is 0.519. The summed E-state index contributed by atoms with van der Waals surface area (Å²) in [7, 11) is 0. The highest BCUT2D eigenvalue weighted by atomic mass is 35.5. The standard InChI is InChI=1S/C27H34ClF3N4O/c1-3-34(4-2)24-13-16-33(18-24)15-6-14-26(20-7-5-8-21(17-20)27(29,30)31)19-32-25(36)35(26)23-11-9-22(28)10-12-23/h5,7-12,17,24H,3-4,6,13-16,18-19H2,1-2H3,(H,32,36)/t24?,26-/m1/s1. The number of carbonyl (C=O) groups excluding carboxylic acids is 1. The molecule has 0 saturated carbocycles. The Balaban J connectivity index is 1.61. The lowest BCUT2D eigenvalue weighted by Gasteiger charge is -2.38. The van der Waals surface area contributed by atoms with Gasteiger partial charge >= 0.3 is 12.2 Å². The van der Waals surface area contributed by atoms with Gasteiger partial charge in [0.05, 0.1) is 11.1 Å². The number of hydrogen-bond acceptors (Lipinski definition) is 3. The first-order valence-corrected chi connectivity index (χ1v) is 13.0. The lowest BCUT2D eigenvalue weighted by Crippen LogP contribution is -2.45. The monoisotopic (exact) mass is 522 g/mol. The highest BCUT2D eigenvalue weighted by molar-refractivity contribution is 6.30. The third-order valence-corrected chi connectivity index (χ3v) is 7.87. The van der Waals surface area contributed by atoms with Crippen molar-refractivity contribution in [1.82, 2.24) is 15.1 Å². The van der Waals surface area contributed by atoms with Crippen LogP contribution in [0.2, 0.25) is 5.02 Å². The zero-order chi connectivity index (χ0) is 25.9. The number of urea groups is 1. The van der Waals surface area contributed by atoms with Crippen molar-refractivity contribution in [3.63, 3.8) is 0 Å². The van der Waals surface area contributed by atoms with Crippen molar-refractivity contribution in [3.8, 4) is 0 Å². The number of alkyl halides is 3. The Morgan fingerprint density at radius 3 is 2.53 bits per heavy atom. The molecule has 1 unspecified atom stereocenters. The van der Waals surface area contributed by atoms with E-state index in [2.05, 4.69) is 29.0 Å². The van der Waals surface area contributed by atoms with Crippen LogP contribution < -0.4 is 10.2 Å². The van der Waals surface area contributed by atoms with Gasteiger partial charge in [-0.15, -0.1) is 0 Å². The number of nitrogens with one attached hydrogen (secondary N) is 1. The van der Waals surface area contributed by atoms with Crippen LogP contribution >= 0.6 is 11.6 Å². The van der Waals surface area contributed by atoms with Crippen LogP contribution in [0, 0.1) is 0 Å². The molecule has 0 bridgehead atoms. The summed E-state index contributed by atoms with van der Waals surface area (Å²) in [5, 5.41) is 3.43. The molecule has 0 aliphatic carbocycles. The van der Waals surface area contributed by atoms with Crippen LogP contribution in [-0.4, -0.2) is 61.1 Å². The van der Waals surface area contributed by atoms with Crippen molar-refractivity contribution >= 4 is 23.3 Å². The van der Waals surface area contributed by atoms with Crippen LogP contribution in [0.1, 0.15) is 44.2 Å². The number of nitrogens with zero attached hydrogens (tertiary/aromatic N) is 3. The summed E-state index contributed by atoms with van der Waals surface area (Å²) in [4.78, 5) is 19.6. The van der Waals surface area contributed by atoms with Crippen LogP contribution in [-0.2, 0) is 11.7 Å². The molecule has 2 amide bonds. The van der Waals surface area contributed by atoms with Crippen LogP contribution in [0.5, 0.6) is 0 Å². The van der Waals surface area contributed by atoms with E-state index in [9.17, 15) is 18.0 Å². The second kappa shape index (κ2) is 11.0. The van der Waals surface area contributed by atoms with Gasteiger partial charge in [0, 0.05) is 29.8 Å². The average molecular weight is 523 g/mol. The molecule has 2 aromatic carbocycles. The molecule has 0 spiro atoms.